The maximum absolute atomic E-state index is 13.8. The predicted octanol–water partition coefficient (Wildman–Crippen LogP) is 4.31. The Morgan fingerprint density at radius 2 is 1.94 bits per heavy atom. The average molecular weight is 431 g/mol. The molecule has 0 atom stereocenters. The zero-order valence-electron chi connectivity index (χ0n) is 17.5. The molecule has 7 nitrogen and oxygen atoms in total. The third kappa shape index (κ3) is 3.72. The number of carbonyl (C=O) groups excluding carboxylic acids is 1. The number of anilines is 1. The van der Waals surface area contributed by atoms with Crippen molar-refractivity contribution in [3.05, 3.63) is 70.2 Å². The fourth-order valence-electron chi connectivity index (χ4n) is 3.50. The topological polar surface area (TPSA) is 86.4 Å². The maximum Gasteiger partial charge on any atom is 0.300 e. The second kappa shape index (κ2) is 8.04. The van der Waals surface area contributed by atoms with Gasteiger partial charge < -0.3 is 19.0 Å². The summed E-state index contributed by atoms with van der Waals surface area (Å²) in [6.45, 7) is 3.49. The minimum Gasteiger partial charge on any atom is -0.456 e. The third-order valence-corrected chi connectivity index (χ3v) is 4.95. The van der Waals surface area contributed by atoms with Crippen LogP contribution in [0.25, 0.3) is 22.2 Å². The number of rotatable bonds is 4. The van der Waals surface area contributed by atoms with E-state index in [1.807, 2.05) is 5.92 Å². The molecule has 2 aromatic heterocycles. The highest BCUT2D eigenvalue weighted by atomic mass is 19.1. The van der Waals surface area contributed by atoms with Gasteiger partial charge in [0, 0.05) is 30.1 Å². The molecular weight excluding hydrogens is 413 g/mol. The van der Waals surface area contributed by atoms with Gasteiger partial charge in [0.25, 0.3) is 11.5 Å². The summed E-state index contributed by atoms with van der Waals surface area (Å²) in [4.78, 5) is 28.1. The fraction of sp³-hybridized carbons (Fsp3) is 0.125. The Hall–Kier alpha value is -4.38. The number of halogens is 1. The van der Waals surface area contributed by atoms with Crippen LogP contribution in [0.15, 0.2) is 52.1 Å². The van der Waals surface area contributed by atoms with Crippen LogP contribution < -0.4 is 15.6 Å². The van der Waals surface area contributed by atoms with E-state index < -0.39 is 5.91 Å². The molecule has 1 N–H and O–H groups in total. The number of nitrogens with zero attached hydrogens (tertiary/aromatic N) is 2. The van der Waals surface area contributed by atoms with Crippen LogP contribution in [0.3, 0.4) is 0 Å². The van der Waals surface area contributed by atoms with Crippen LogP contribution in [0.2, 0.25) is 0 Å². The lowest BCUT2D eigenvalue weighted by Crippen LogP contribution is -2.16. The summed E-state index contributed by atoms with van der Waals surface area (Å²) < 4.78 is 26.8. The highest BCUT2D eigenvalue weighted by molar-refractivity contribution is 6.04. The number of oxazole rings is 1. The van der Waals surface area contributed by atoms with Gasteiger partial charge in [-0.3, -0.25) is 9.59 Å². The van der Waals surface area contributed by atoms with Crippen LogP contribution in [0.4, 0.5) is 10.1 Å². The van der Waals surface area contributed by atoms with Crippen molar-refractivity contribution < 1.29 is 18.3 Å². The molecule has 0 radical (unpaired) electrons. The van der Waals surface area contributed by atoms with Gasteiger partial charge in [-0.2, -0.15) is 0 Å². The van der Waals surface area contributed by atoms with Gasteiger partial charge in [-0.15, -0.1) is 6.42 Å². The Bertz CT molecular complexity index is 1450. The first-order chi connectivity index (χ1) is 15.3. The van der Waals surface area contributed by atoms with Gasteiger partial charge in [0.2, 0.25) is 0 Å². The molecule has 0 unspecified atom stereocenters. The van der Waals surface area contributed by atoms with Gasteiger partial charge in [-0.05, 0) is 61.2 Å². The maximum atomic E-state index is 13.8. The average Bonchev–Trinajstić information content (AvgIpc) is 3.24. The summed E-state index contributed by atoms with van der Waals surface area (Å²) in [6, 6.07) is 7.69. The number of fused-ring (bicyclic) bond motifs is 1. The second-order valence-electron chi connectivity index (χ2n) is 7.27. The van der Waals surface area contributed by atoms with Gasteiger partial charge in [0.15, 0.2) is 17.5 Å². The smallest absolute Gasteiger partial charge is 0.300 e. The molecule has 0 saturated heterocycles. The number of aromatic nitrogens is 2. The number of hydrogen-bond acceptors (Lipinski definition) is 5. The van der Waals surface area contributed by atoms with Gasteiger partial charge in [-0.1, -0.05) is 0 Å². The van der Waals surface area contributed by atoms with Gasteiger partial charge in [0.1, 0.15) is 17.3 Å². The highest BCUT2D eigenvalue weighted by Crippen LogP contribution is 2.40. The van der Waals surface area contributed by atoms with Crippen LogP contribution >= 0.6 is 0 Å². The van der Waals surface area contributed by atoms with Crippen LogP contribution in [0.1, 0.15) is 11.1 Å². The van der Waals surface area contributed by atoms with Gasteiger partial charge in [-0.25, -0.2) is 9.37 Å². The van der Waals surface area contributed by atoms with Gasteiger partial charge >= 0.3 is 0 Å². The molecule has 8 heteroatoms. The first-order valence-corrected chi connectivity index (χ1v) is 9.58. The summed E-state index contributed by atoms with van der Waals surface area (Å²) in [5, 5.41) is 2.60. The molecule has 32 heavy (non-hydrogen) atoms. The van der Waals surface area contributed by atoms with Crippen molar-refractivity contribution in [2.45, 2.75) is 13.8 Å². The lowest BCUT2D eigenvalue weighted by atomic mass is 10.0. The number of amides is 1. The number of carbonyl (C=O) groups is 1. The number of benzene rings is 2. The van der Waals surface area contributed by atoms with Crippen molar-refractivity contribution in [3.8, 4) is 35.0 Å². The molecule has 1 amide bonds. The lowest BCUT2D eigenvalue weighted by Gasteiger charge is -2.17. The van der Waals surface area contributed by atoms with Crippen molar-refractivity contribution in [2.24, 2.45) is 7.05 Å². The van der Waals surface area contributed by atoms with Crippen molar-refractivity contribution in [2.75, 3.05) is 5.32 Å². The van der Waals surface area contributed by atoms with E-state index in [4.69, 9.17) is 15.6 Å². The molecule has 0 aliphatic carbocycles. The number of hydrogen-bond donors (Lipinski definition) is 1. The van der Waals surface area contributed by atoms with Crippen molar-refractivity contribution in [1.29, 1.82) is 0 Å². The zero-order valence-corrected chi connectivity index (χ0v) is 17.5. The fourth-order valence-corrected chi connectivity index (χ4v) is 3.50. The number of aryl methyl sites for hydroxylation is 3. The largest absolute Gasteiger partial charge is 0.456 e. The van der Waals surface area contributed by atoms with Crippen LogP contribution in [0, 0.1) is 32.0 Å². The molecule has 2 heterocycles. The third-order valence-electron chi connectivity index (χ3n) is 4.95. The van der Waals surface area contributed by atoms with E-state index in [1.54, 1.807) is 45.3 Å². The summed E-state index contributed by atoms with van der Waals surface area (Å²) in [6.07, 6.45) is 7.95. The minimum absolute atomic E-state index is 0.156. The van der Waals surface area contributed by atoms with Crippen LogP contribution in [0.5, 0.6) is 11.5 Å². The SMILES string of the molecule is C#CC(=O)Nc1ccc(Oc2c(C)cc(F)cc2C)c(-c2cn(C)c(=O)c3ncoc23)c1. The molecule has 0 fully saturated rings. The Balaban J connectivity index is 1.94. The Labute approximate surface area is 182 Å². The number of nitrogens with one attached hydrogen (secondary N) is 1. The zero-order chi connectivity index (χ0) is 23.0. The van der Waals surface area contributed by atoms with E-state index in [2.05, 4.69) is 10.3 Å². The Morgan fingerprint density at radius 1 is 1.22 bits per heavy atom. The van der Waals surface area contributed by atoms with Crippen molar-refractivity contribution in [3.63, 3.8) is 0 Å². The Morgan fingerprint density at radius 3 is 2.62 bits per heavy atom. The van der Waals surface area contributed by atoms with E-state index in [9.17, 15) is 14.0 Å². The van der Waals surface area contributed by atoms with E-state index in [0.29, 0.717) is 39.4 Å². The number of ether oxygens (including phenoxy) is 1. The first kappa shape index (κ1) is 20.9. The summed E-state index contributed by atoms with van der Waals surface area (Å²) in [5.41, 5.74) is 2.79. The van der Waals surface area contributed by atoms with E-state index in [0.717, 1.165) is 0 Å². The van der Waals surface area contributed by atoms with E-state index in [-0.39, 0.29) is 22.5 Å². The summed E-state index contributed by atoms with van der Waals surface area (Å²) >= 11 is 0. The summed E-state index contributed by atoms with van der Waals surface area (Å²) in [5.74, 6) is 1.92. The molecule has 0 bridgehead atoms. The second-order valence-corrected chi connectivity index (χ2v) is 7.27. The first-order valence-electron chi connectivity index (χ1n) is 9.58. The highest BCUT2D eigenvalue weighted by Gasteiger charge is 2.19. The summed E-state index contributed by atoms with van der Waals surface area (Å²) in [7, 11) is 1.60. The number of pyridine rings is 1. The van der Waals surface area contributed by atoms with E-state index in [1.165, 1.54) is 23.1 Å². The molecule has 2 aromatic carbocycles. The molecule has 0 spiro atoms. The molecule has 160 valence electrons. The molecular formula is C24H18FN3O4. The lowest BCUT2D eigenvalue weighted by molar-refractivity contribution is -0.111. The molecule has 0 aliphatic heterocycles. The van der Waals surface area contributed by atoms with Crippen LogP contribution in [-0.4, -0.2) is 15.5 Å². The standard InChI is InChI=1S/C24H18FN3O4/c1-5-20(29)27-16-6-7-19(32-22-13(2)8-15(25)9-14(22)3)17(10-16)18-11-28(4)24(30)21-23(18)31-12-26-21/h1,6-12H,2-4H3,(H,27,29). The normalized spacial score (nSPS) is 10.7. The minimum atomic E-state index is -0.611. The number of terminal acetylenes is 1. The van der Waals surface area contributed by atoms with E-state index >= 15 is 0 Å². The Kier molecular flexibility index (Phi) is 5.24. The molecule has 4 aromatic rings. The van der Waals surface area contributed by atoms with Crippen molar-refractivity contribution >= 4 is 22.7 Å². The van der Waals surface area contributed by atoms with Crippen molar-refractivity contribution in [1.82, 2.24) is 9.55 Å². The van der Waals surface area contributed by atoms with Crippen LogP contribution in [-0.2, 0) is 11.8 Å². The predicted molar refractivity (Wildman–Crippen MR) is 118 cm³/mol. The molecule has 0 saturated carbocycles. The monoisotopic (exact) mass is 431 g/mol. The van der Waals surface area contributed by atoms with Gasteiger partial charge in [0.05, 0.1) is 0 Å². The quantitative estimate of drug-likeness (QED) is 0.487. The molecule has 4 rings (SSSR count). The molecule has 0 aliphatic rings.